The number of hydrogen-bond acceptors (Lipinski definition) is 6. The van der Waals surface area contributed by atoms with Crippen LogP contribution in [0, 0.1) is 16.0 Å². The Labute approximate surface area is 121 Å². The number of hydrogen-bond donors (Lipinski definition) is 2. The number of nitrogens with one attached hydrogen (secondary N) is 2. The van der Waals surface area contributed by atoms with Crippen LogP contribution in [0.4, 0.5) is 10.7 Å². The molecule has 0 radical (unpaired) electrons. The third-order valence-electron chi connectivity index (χ3n) is 3.55. The average molecular weight is 319 g/mol. The van der Waals surface area contributed by atoms with Crippen LogP contribution in [0.25, 0.3) is 0 Å². The first-order valence-corrected chi connectivity index (χ1v) is 8.63. The van der Waals surface area contributed by atoms with Gasteiger partial charge < -0.3 is 5.32 Å². The molecule has 2 rings (SSSR count). The van der Waals surface area contributed by atoms with E-state index in [9.17, 15) is 18.5 Å². The molecule has 1 aliphatic rings. The molecule has 0 aliphatic heterocycles. The van der Waals surface area contributed by atoms with E-state index in [1.54, 1.807) is 0 Å². The Bertz CT molecular complexity index is 611. The maximum Gasteiger partial charge on any atom is 0.304 e. The SMILES string of the molecule is CNc1sc(S(=O)(=O)NC2CCCC2C)cc1[N+](=O)[O-]. The van der Waals surface area contributed by atoms with Crippen molar-refractivity contribution in [1.82, 2.24) is 4.72 Å². The van der Waals surface area contributed by atoms with Gasteiger partial charge in [0.1, 0.15) is 4.21 Å². The molecule has 0 bridgehead atoms. The van der Waals surface area contributed by atoms with E-state index in [0.29, 0.717) is 5.92 Å². The largest absolute Gasteiger partial charge is 0.374 e. The van der Waals surface area contributed by atoms with Crippen molar-refractivity contribution in [2.75, 3.05) is 12.4 Å². The molecule has 0 saturated heterocycles. The van der Waals surface area contributed by atoms with Crippen LogP contribution in [0.1, 0.15) is 26.2 Å². The molecule has 2 unspecified atom stereocenters. The van der Waals surface area contributed by atoms with Gasteiger partial charge in [-0.2, -0.15) is 0 Å². The Balaban J connectivity index is 2.27. The molecule has 2 N–H and O–H groups in total. The maximum atomic E-state index is 12.3. The third kappa shape index (κ3) is 2.94. The van der Waals surface area contributed by atoms with Gasteiger partial charge in [-0.25, -0.2) is 13.1 Å². The Morgan fingerprint density at radius 3 is 2.60 bits per heavy atom. The van der Waals surface area contributed by atoms with E-state index in [0.717, 1.165) is 36.7 Å². The van der Waals surface area contributed by atoms with Crippen LogP contribution in [0.15, 0.2) is 10.3 Å². The quantitative estimate of drug-likeness (QED) is 0.639. The molecule has 1 aliphatic carbocycles. The fourth-order valence-corrected chi connectivity index (χ4v) is 5.06. The van der Waals surface area contributed by atoms with Gasteiger partial charge in [-0.15, -0.1) is 0 Å². The predicted octanol–water partition coefficient (Wildman–Crippen LogP) is 2.16. The van der Waals surface area contributed by atoms with Gasteiger partial charge in [0.2, 0.25) is 0 Å². The molecular weight excluding hydrogens is 302 g/mol. The van der Waals surface area contributed by atoms with E-state index in [1.165, 1.54) is 7.05 Å². The van der Waals surface area contributed by atoms with Crippen molar-refractivity contribution in [2.45, 2.75) is 36.4 Å². The molecule has 1 fully saturated rings. The van der Waals surface area contributed by atoms with Crippen LogP contribution in [0.2, 0.25) is 0 Å². The third-order valence-corrected chi connectivity index (χ3v) is 6.65. The number of nitrogens with zero attached hydrogens (tertiary/aromatic N) is 1. The summed E-state index contributed by atoms with van der Waals surface area (Å²) in [7, 11) is -2.17. The van der Waals surface area contributed by atoms with E-state index in [1.807, 2.05) is 6.92 Å². The van der Waals surface area contributed by atoms with E-state index in [2.05, 4.69) is 10.0 Å². The summed E-state index contributed by atoms with van der Waals surface area (Å²) >= 11 is 0.876. The molecule has 20 heavy (non-hydrogen) atoms. The maximum absolute atomic E-state index is 12.3. The van der Waals surface area contributed by atoms with Gasteiger partial charge in [0.05, 0.1) is 4.92 Å². The summed E-state index contributed by atoms with van der Waals surface area (Å²) < 4.78 is 27.2. The van der Waals surface area contributed by atoms with Crippen LogP contribution >= 0.6 is 11.3 Å². The minimum absolute atomic E-state index is 0.0207. The zero-order chi connectivity index (χ0) is 14.9. The zero-order valence-electron chi connectivity index (χ0n) is 11.3. The zero-order valence-corrected chi connectivity index (χ0v) is 12.9. The van der Waals surface area contributed by atoms with Crippen molar-refractivity contribution in [3.05, 3.63) is 16.2 Å². The van der Waals surface area contributed by atoms with Crippen LogP contribution in [-0.4, -0.2) is 26.4 Å². The minimum atomic E-state index is -3.70. The highest BCUT2D eigenvalue weighted by atomic mass is 32.2. The molecule has 112 valence electrons. The predicted molar refractivity (Wildman–Crippen MR) is 77.6 cm³/mol. The molecule has 9 heteroatoms. The summed E-state index contributed by atoms with van der Waals surface area (Å²) in [5.74, 6) is 0.295. The second-order valence-electron chi connectivity index (χ2n) is 4.92. The summed E-state index contributed by atoms with van der Waals surface area (Å²) in [6.07, 6.45) is 2.81. The molecule has 1 aromatic heterocycles. The van der Waals surface area contributed by atoms with Crippen LogP contribution in [-0.2, 0) is 10.0 Å². The number of nitro groups is 1. The van der Waals surface area contributed by atoms with Crippen molar-refractivity contribution in [2.24, 2.45) is 5.92 Å². The van der Waals surface area contributed by atoms with Crippen molar-refractivity contribution in [1.29, 1.82) is 0 Å². The molecular formula is C11H17N3O4S2. The first kappa shape index (κ1) is 15.2. The van der Waals surface area contributed by atoms with Gasteiger partial charge in [-0.05, 0) is 18.8 Å². The van der Waals surface area contributed by atoms with E-state index < -0.39 is 14.9 Å². The number of thiophene rings is 1. The lowest BCUT2D eigenvalue weighted by Gasteiger charge is -2.16. The van der Waals surface area contributed by atoms with E-state index in [-0.39, 0.29) is 20.9 Å². The van der Waals surface area contributed by atoms with Gasteiger partial charge >= 0.3 is 5.69 Å². The highest BCUT2D eigenvalue weighted by Gasteiger charge is 2.31. The molecule has 0 amide bonds. The van der Waals surface area contributed by atoms with Crippen molar-refractivity contribution >= 4 is 32.0 Å². The summed E-state index contributed by atoms with van der Waals surface area (Å²) in [5, 5.41) is 13.8. The molecule has 1 saturated carbocycles. The molecule has 7 nitrogen and oxygen atoms in total. The standard InChI is InChI=1S/C11H17N3O4S2/c1-7-4-3-5-8(7)13-20(17,18)10-6-9(14(15)16)11(12-2)19-10/h6-8,12-13H,3-5H2,1-2H3. The van der Waals surface area contributed by atoms with Crippen molar-refractivity contribution in [3.8, 4) is 0 Å². The minimum Gasteiger partial charge on any atom is -0.374 e. The normalized spacial score (nSPS) is 22.9. The Hall–Kier alpha value is -1.19. The number of rotatable bonds is 5. The summed E-state index contributed by atoms with van der Waals surface area (Å²) in [4.78, 5) is 10.3. The second-order valence-corrected chi connectivity index (χ2v) is 7.92. The van der Waals surface area contributed by atoms with Crippen LogP contribution in [0.5, 0.6) is 0 Å². The molecule has 1 aromatic rings. The lowest BCUT2D eigenvalue weighted by Crippen LogP contribution is -2.36. The number of anilines is 1. The van der Waals surface area contributed by atoms with Gasteiger partial charge in [0.25, 0.3) is 10.0 Å². The van der Waals surface area contributed by atoms with Gasteiger partial charge in [0, 0.05) is 19.2 Å². The monoisotopic (exact) mass is 319 g/mol. The molecule has 0 spiro atoms. The Kier molecular flexibility index (Phi) is 4.31. The van der Waals surface area contributed by atoms with Crippen molar-refractivity contribution < 1.29 is 13.3 Å². The lowest BCUT2D eigenvalue weighted by molar-refractivity contribution is -0.383. The van der Waals surface area contributed by atoms with Gasteiger partial charge in [-0.3, -0.25) is 10.1 Å². The number of sulfonamides is 1. The van der Waals surface area contributed by atoms with Gasteiger partial charge in [-0.1, -0.05) is 24.7 Å². The lowest BCUT2D eigenvalue weighted by atomic mass is 10.1. The topological polar surface area (TPSA) is 101 Å². The van der Waals surface area contributed by atoms with Crippen molar-refractivity contribution in [3.63, 3.8) is 0 Å². The first-order chi connectivity index (χ1) is 9.35. The Morgan fingerprint density at radius 1 is 1.45 bits per heavy atom. The highest BCUT2D eigenvalue weighted by molar-refractivity contribution is 7.91. The fourth-order valence-electron chi connectivity index (χ4n) is 2.38. The van der Waals surface area contributed by atoms with Crippen LogP contribution < -0.4 is 10.0 Å². The summed E-state index contributed by atoms with van der Waals surface area (Å²) in [5.41, 5.74) is -0.211. The van der Waals surface area contributed by atoms with E-state index >= 15 is 0 Å². The molecule has 2 atom stereocenters. The second kappa shape index (κ2) is 5.66. The first-order valence-electron chi connectivity index (χ1n) is 6.33. The summed E-state index contributed by atoms with van der Waals surface area (Å²) in [6.45, 7) is 2.01. The fraction of sp³-hybridized carbons (Fsp3) is 0.636. The van der Waals surface area contributed by atoms with Crippen LogP contribution in [0.3, 0.4) is 0 Å². The molecule has 1 heterocycles. The molecule has 0 aromatic carbocycles. The van der Waals surface area contributed by atoms with E-state index in [4.69, 9.17) is 0 Å². The van der Waals surface area contributed by atoms with Gasteiger partial charge in [0.15, 0.2) is 5.00 Å². The highest BCUT2D eigenvalue weighted by Crippen LogP contribution is 2.37. The summed E-state index contributed by atoms with van der Waals surface area (Å²) in [6, 6.07) is 1.03. The smallest absolute Gasteiger partial charge is 0.304 e. The average Bonchev–Trinajstić information content (AvgIpc) is 2.96. The Morgan fingerprint density at radius 2 is 2.15 bits per heavy atom.